The molecule has 120 valence electrons. The van der Waals surface area contributed by atoms with Gasteiger partial charge in [0.2, 0.25) is 11.8 Å². The summed E-state index contributed by atoms with van der Waals surface area (Å²) in [5.41, 5.74) is 3.93. The Morgan fingerprint density at radius 3 is 2.17 bits per heavy atom. The molecule has 0 saturated carbocycles. The van der Waals surface area contributed by atoms with Crippen LogP contribution in [0.25, 0.3) is 0 Å². The Labute approximate surface area is 137 Å². The van der Waals surface area contributed by atoms with Crippen LogP contribution in [0.4, 0.5) is 5.69 Å². The molecule has 0 aromatic heterocycles. The van der Waals surface area contributed by atoms with Crippen LogP contribution in [0.2, 0.25) is 0 Å². The van der Waals surface area contributed by atoms with Gasteiger partial charge in [-0.2, -0.15) is 0 Å². The number of aryl methyl sites for hydroxylation is 2. The summed E-state index contributed by atoms with van der Waals surface area (Å²) in [5, 5.41) is 2.86. The Hall–Kier alpha value is -2.62. The summed E-state index contributed by atoms with van der Waals surface area (Å²) in [6.07, 6.45) is 0. The number of benzene rings is 2. The first-order valence-corrected chi connectivity index (χ1v) is 7.63. The van der Waals surface area contributed by atoms with E-state index in [0.29, 0.717) is 6.54 Å². The number of hydrogen-bond acceptors (Lipinski definition) is 2. The van der Waals surface area contributed by atoms with Crippen LogP contribution in [0.15, 0.2) is 48.5 Å². The number of carbonyl (C=O) groups excluding carboxylic acids is 2. The van der Waals surface area contributed by atoms with Crippen molar-refractivity contribution in [3.05, 3.63) is 65.2 Å². The second kappa shape index (κ2) is 7.58. The predicted molar refractivity (Wildman–Crippen MR) is 92.1 cm³/mol. The van der Waals surface area contributed by atoms with Crippen LogP contribution < -0.4 is 5.32 Å². The topological polar surface area (TPSA) is 49.4 Å². The van der Waals surface area contributed by atoms with Crippen LogP contribution in [0, 0.1) is 13.8 Å². The zero-order valence-corrected chi connectivity index (χ0v) is 13.8. The van der Waals surface area contributed by atoms with E-state index in [0.717, 1.165) is 22.4 Å². The molecule has 0 aliphatic carbocycles. The largest absolute Gasteiger partial charge is 0.329 e. The van der Waals surface area contributed by atoms with Gasteiger partial charge in [0, 0.05) is 19.2 Å². The van der Waals surface area contributed by atoms with E-state index in [1.165, 1.54) is 6.92 Å². The first-order valence-electron chi connectivity index (χ1n) is 7.63. The van der Waals surface area contributed by atoms with E-state index in [4.69, 9.17) is 0 Å². The lowest BCUT2D eigenvalue weighted by Crippen LogP contribution is -2.36. The van der Waals surface area contributed by atoms with E-state index < -0.39 is 0 Å². The number of nitrogens with one attached hydrogen (secondary N) is 1. The Kier molecular flexibility index (Phi) is 5.52. The molecule has 23 heavy (non-hydrogen) atoms. The van der Waals surface area contributed by atoms with Crippen LogP contribution in [0.5, 0.6) is 0 Å². The summed E-state index contributed by atoms with van der Waals surface area (Å²) in [6, 6.07) is 15.5. The average Bonchev–Trinajstić information content (AvgIpc) is 2.51. The molecule has 0 spiro atoms. The fraction of sp³-hybridized carbons (Fsp3) is 0.263. The Balaban J connectivity index is 2.05. The zero-order valence-electron chi connectivity index (χ0n) is 13.8. The van der Waals surface area contributed by atoms with Crippen molar-refractivity contribution in [2.24, 2.45) is 0 Å². The molecule has 1 N–H and O–H groups in total. The number of amides is 2. The van der Waals surface area contributed by atoms with Gasteiger partial charge in [0.15, 0.2) is 0 Å². The fourth-order valence-electron chi connectivity index (χ4n) is 2.35. The standard InChI is InChI=1S/C19H22N2O2/c1-14-8-4-6-10-17(14)12-21(16(3)22)13-19(23)20-18-11-7-5-9-15(18)2/h4-11H,12-13H2,1-3H3,(H,20,23). The predicted octanol–water partition coefficient (Wildman–Crippen LogP) is 3.29. The molecule has 2 aromatic rings. The van der Waals surface area contributed by atoms with E-state index in [2.05, 4.69) is 5.32 Å². The molecule has 0 fully saturated rings. The Bertz CT molecular complexity index is 710. The molecule has 2 aromatic carbocycles. The molecule has 0 radical (unpaired) electrons. The maximum atomic E-state index is 12.2. The highest BCUT2D eigenvalue weighted by Gasteiger charge is 2.15. The van der Waals surface area contributed by atoms with Gasteiger partial charge in [0.1, 0.15) is 6.54 Å². The van der Waals surface area contributed by atoms with Crippen molar-refractivity contribution in [3.8, 4) is 0 Å². The first kappa shape index (κ1) is 16.7. The normalized spacial score (nSPS) is 10.2. The van der Waals surface area contributed by atoms with E-state index in [1.54, 1.807) is 4.90 Å². The second-order valence-corrected chi connectivity index (χ2v) is 5.66. The maximum Gasteiger partial charge on any atom is 0.244 e. The van der Waals surface area contributed by atoms with Gasteiger partial charge in [-0.15, -0.1) is 0 Å². The Morgan fingerprint density at radius 2 is 1.57 bits per heavy atom. The zero-order chi connectivity index (χ0) is 16.8. The number of hydrogen-bond donors (Lipinski definition) is 1. The van der Waals surface area contributed by atoms with Crippen molar-refractivity contribution in [2.75, 3.05) is 11.9 Å². The molecule has 4 nitrogen and oxygen atoms in total. The minimum Gasteiger partial charge on any atom is -0.329 e. The molecular weight excluding hydrogens is 288 g/mol. The van der Waals surface area contributed by atoms with Gasteiger partial charge in [-0.1, -0.05) is 42.5 Å². The third-order valence-corrected chi connectivity index (χ3v) is 3.82. The van der Waals surface area contributed by atoms with Gasteiger partial charge in [-0.25, -0.2) is 0 Å². The molecule has 0 saturated heterocycles. The van der Waals surface area contributed by atoms with Crippen molar-refractivity contribution in [1.82, 2.24) is 4.90 Å². The van der Waals surface area contributed by atoms with Gasteiger partial charge >= 0.3 is 0 Å². The minimum atomic E-state index is -0.192. The second-order valence-electron chi connectivity index (χ2n) is 5.66. The SMILES string of the molecule is CC(=O)N(CC(=O)Nc1ccccc1C)Cc1ccccc1C. The summed E-state index contributed by atoms with van der Waals surface area (Å²) >= 11 is 0. The number of anilines is 1. The monoisotopic (exact) mass is 310 g/mol. The van der Waals surface area contributed by atoms with E-state index >= 15 is 0 Å². The van der Waals surface area contributed by atoms with Crippen molar-refractivity contribution >= 4 is 17.5 Å². The Morgan fingerprint density at radius 1 is 0.957 bits per heavy atom. The van der Waals surface area contributed by atoms with E-state index in [9.17, 15) is 9.59 Å². The van der Waals surface area contributed by atoms with E-state index in [-0.39, 0.29) is 18.4 Å². The first-order chi connectivity index (χ1) is 11.0. The molecule has 2 amide bonds. The highest BCUT2D eigenvalue weighted by Crippen LogP contribution is 2.14. The highest BCUT2D eigenvalue weighted by molar-refractivity contribution is 5.94. The van der Waals surface area contributed by atoms with Crippen LogP contribution in [0.3, 0.4) is 0 Å². The van der Waals surface area contributed by atoms with Gasteiger partial charge < -0.3 is 10.2 Å². The van der Waals surface area contributed by atoms with Crippen LogP contribution >= 0.6 is 0 Å². The lowest BCUT2D eigenvalue weighted by Gasteiger charge is -2.22. The van der Waals surface area contributed by atoms with Crippen molar-refractivity contribution < 1.29 is 9.59 Å². The van der Waals surface area contributed by atoms with E-state index in [1.807, 2.05) is 62.4 Å². The minimum absolute atomic E-state index is 0.0397. The van der Waals surface area contributed by atoms with Gasteiger partial charge in [0.05, 0.1) is 0 Å². The summed E-state index contributed by atoms with van der Waals surface area (Å²) < 4.78 is 0. The average molecular weight is 310 g/mol. The molecule has 0 bridgehead atoms. The summed E-state index contributed by atoms with van der Waals surface area (Å²) in [7, 11) is 0. The number of nitrogens with zero attached hydrogens (tertiary/aromatic N) is 1. The lowest BCUT2D eigenvalue weighted by atomic mass is 10.1. The number of carbonyl (C=O) groups is 2. The fourth-order valence-corrected chi connectivity index (χ4v) is 2.35. The molecule has 0 heterocycles. The molecule has 0 atom stereocenters. The van der Waals surface area contributed by atoms with Gasteiger partial charge in [-0.3, -0.25) is 9.59 Å². The smallest absolute Gasteiger partial charge is 0.244 e. The van der Waals surface area contributed by atoms with Crippen molar-refractivity contribution in [2.45, 2.75) is 27.3 Å². The lowest BCUT2D eigenvalue weighted by molar-refractivity contribution is -0.133. The maximum absolute atomic E-state index is 12.2. The van der Waals surface area contributed by atoms with Gasteiger partial charge in [-0.05, 0) is 36.6 Å². The third-order valence-electron chi connectivity index (χ3n) is 3.82. The summed E-state index contributed by atoms with van der Waals surface area (Å²) in [4.78, 5) is 25.7. The number of rotatable bonds is 5. The molecule has 4 heteroatoms. The molecule has 2 rings (SSSR count). The van der Waals surface area contributed by atoms with Crippen LogP contribution in [-0.4, -0.2) is 23.3 Å². The molecule has 0 unspecified atom stereocenters. The third kappa shape index (κ3) is 4.68. The highest BCUT2D eigenvalue weighted by atomic mass is 16.2. The van der Waals surface area contributed by atoms with Gasteiger partial charge in [0.25, 0.3) is 0 Å². The summed E-state index contributed by atoms with van der Waals surface area (Å²) in [5.74, 6) is -0.309. The molecule has 0 aliphatic heterocycles. The van der Waals surface area contributed by atoms with Crippen LogP contribution in [0.1, 0.15) is 23.6 Å². The summed E-state index contributed by atoms with van der Waals surface area (Å²) in [6.45, 7) is 5.90. The van der Waals surface area contributed by atoms with Crippen molar-refractivity contribution in [1.29, 1.82) is 0 Å². The molecule has 0 aliphatic rings. The molecular formula is C19H22N2O2. The van der Waals surface area contributed by atoms with Crippen molar-refractivity contribution in [3.63, 3.8) is 0 Å². The van der Waals surface area contributed by atoms with Crippen LogP contribution in [-0.2, 0) is 16.1 Å². The number of para-hydroxylation sites is 1. The quantitative estimate of drug-likeness (QED) is 0.921.